The van der Waals surface area contributed by atoms with Gasteiger partial charge in [-0.3, -0.25) is 9.69 Å². The zero-order chi connectivity index (χ0) is 18.6. The van der Waals surface area contributed by atoms with Crippen LogP contribution in [0.4, 0.5) is 0 Å². The number of halogens is 1. The number of carbonyl (C=O) groups excluding carboxylic acids is 1. The van der Waals surface area contributed by atoms with Crippen molar-refractivity contribution < 1.29 is 19.0 Å². The van der Waals surface area contributed by atoms with E-state index in [4.69, 9.17) is 25.8 Å². The number of amides is 1. The molecule has 0 unspecified atom stereocenters. The van der Waals surface area contributed by atoms with Crippen molar-refractivity contribution in [1.29, 1.82) is 0 Å². The van der Waals surface area contributed by atoms with Gasteiger partial charge in [0.2, 0.25) is 6.79 Å². The zero-order valence-electron chi connectivity index (χ0n) is 14.9. The Morgan fingerprint density at radius 2 is 1.89 bits per heavy atom. The molecule has 2 aromatic carbocycles. The fourth-order valence-electron chi connectivity index (χ4n) is 3.26. The number of rotatable bonds is 5. The van der Waals surface area contributed by atoms with Crippen molar-refractivity contribution in [2.45, 2.75) is 13.1 Å². The van der Waals surface area contributed by atoms with Crippen molar-refractivity contribution in [3.63, 3.8) is 0 Å². The number of carbonyl (C=O) groups is 1. The monoisotopic (exact) mass is 388 g/mol. The summed E-state index contributed by atoms with van der Waals surface area (Å²) in [6, 6.07) is 11.4. The number of nitrogens with zero attached hydrogens (tertiary/aromatic N) is 1. The number of morpholine rings is 1. The topological polar surface area (TPSA) is 60.0 Å². The lowest BCUT2D eigenvalue weighted by Crippen LogP contribution is -2.36. The first-order valence-corrected chi connectivity index (χ1v) is 9.33. The third-order valence-electron chi connectivity index (χ3n) is 4.74. The van der Waals surface area contributed by atoms with Gasteiger partial charge in [0.25, 0.3) is 5.91 Å². The van der Waals surface area contributed by atoms with Crippen molar-refractivity contribution in [3.05, 3.63) is 58.1 Å². The Labute approximate surface area is 163 Å². The van der Waals surface area contributed by atoms with Crippen LogP contribution in [0.1, 0.15) is 21.5 Å². The second-order valence-electron chi connectivity index (χ2n) is 6.53. The zero-order valence-corrected chi connectivity index (χ0v) is 15.6. The predicted octanol–water partition coefficient (Wildman–Crippen LogP) is 2.83. The van der Waals surface area contributed by atoms with E-state index in [1.165, 1.54) is 5.56 Å². The number of nitrogens with one attached hydrogen (secondary N) is 1. The third kappa shape index (κ3) is 4.18. The molecule has 1 N–H and O–H groups in total. The van der Waals surface area contributed by atoms with Gasteiger partial charge in [0.15, 0.2) is 11.5 Å². The highest BCUT2D eigenvalue weighted by molar-refractivity contribution is 6.32. The highest BCUT2D eigenvalue weighted by Gasteiger charge is 2.21. The summed E-state index contributed by atoms with van der Waals surface area (Å²) in [7, 11) is 0. The minimum absolute atomic E-state index is 0.120. The Kier molecular flexibility index (Phi) is 5.48. The van der Waals surface area contributed by atoms with Gasteiger partial charge in [-0.25, -0.2) is 0 Å². The fraction of sp³-hybridized carbons (Fsp3) is 0.350. The van der Waals surface area contributed by atoms with E-state index in [0.717, 1.165) is 38.4 Å². The van der Waals surface area contributed by atoms with Gasteiger partial charge >= 0.3 is 0 Å². The molecule has 0 bridgehead atoms. The van der Waals surface area contributed by atoms with Crippen molar-refractivity contribution in [2.24, 2.45) is 0 Å². The van der Waals surface area contributed by atoms with Crippen LogP contribution in [0.15, 0.2) is 36.4 Å². The summed E-state index contributed by atoms with van der Waals surface area (Å²) in [6.07, 6.45) is 0. The molecule has 1 fully saturated rings. The van der Waals surface area contributed by atoms with Crippen LogP contribution in [0, 0.1) is 0 Å². The Hall–Kier alpha value is -2.28. The van der Waals surface area contributed by atoms with E-state index in [-0.39, 0.29) is 12.7 Å². The summed E-state index contributed by atoms with van der Waals surface area (Å²) in [6.45, 7) is 4.81. The third-order valence-corrected chi connectivity index (χ3v) is 5.03. The van der Waals surface area contributed by atoms with E-state index in [2.05, 4.69) is 16.3 Å². The van der Waals surface area contributed by atoms with Crippen LogP contribution in [0.5, 0.6) is 11.5 Å². The molecule has 2 heterocycles. The Morgan fingerprint density at radius 3 is 2.70 bits per heavy atom. The van der Waals surface area contributed by atoms with E-state index in [0.29, 0.717) is 28.6 Å². The molecule has 0 saturated carbocycles. The molecule has 1 saturated heterocycles. The van der Waals surface area contributed by atoms with Crippen molar-refractivity contribution >= 4 is 17.5 Å². The molecule has 0 aromatic heterocycles. The first kappa shape index (κ1) is 18.1. The molecule has 2 aliphatic heterocycles. The molecule has 142 valence electrons. The number of benzene rings is 2. The summed E-state index contributed by atoms with van der Waals surface area (Å²) in [5, 5.41) is 3.35. The lowest BCUT2D eigenvalue weighted by atomic mass is 10.1. The standard InChI is InChI=1S/C20H21ClN2O4/c21-17-9-16(10-18-19(17)27-13-26-18)20(24)22-11-14-3-1-2-4-15(14)12-23-5-7-25-8-6-23/h1-4,9-10H,5-8,11-13H2,(H,22,24). The highest BCUT2D eigenvalue weighted by Crippen LogP contribution is 2.39. The number of hydrogen-bond donors (Lipinski definition) is 1. The van der Waals surface area contributed by atoms with Crippen LogP contribution in [-0.4, -0.2) is 43.9 Å². The fourth-order valence-corrected chi connectivity index (χ4v) is 3.53. The molecular formula is C20H21ClN2O4. The van der Waals surface area contributed by atoms with Gasteiger partial charge in [-0.15, -0.1) is 0 Å². The van der Waals surface area contributed by atoms with Crippen molar-refractivity contribution in [1.82, 2.24) is 10.2 Å². The van der Waals surface area contributed by atoms with Gasteiger partial charge in [-0.1, -0.05) is 35.9 Å². The second-order valence-corrected chi connectivity index (χ2v) is 6.94. The van der Waals surface area contributed by atoms with E-state index in [1.807, 2.05) is 18.2 Å². The Bertz CT molecular complexity index is 837. The maximum absolute atomic E-state index is 12.6. The van der Waals surface area contributed by atoms with Gasteiger partial charge in [-0.05, 0) is 23.3 Å². The highest BCUT2D eigenvalue weighted by atomic mass is 35.5. The van der Waals surface area contributed by atoms with Gasteiger partial charge < -0.3 is 19.5 Å². The van der Waals surface area contributed by atoms with Gasteiger partial charge in [0.1, 0.15) is 0 Å². The summed E-state index contributed by atoms with van der Waals surface area (Å²) in [4.78, 5) is 14.9. The summed E-state index contributed by atoms with van der Waals surface area (Å²) < 4.78 is 16.0. The quantitative estimate of drug-likeness (QED) is 0.853. The normalized spacial score (nSPS) is 16.3. The molecule has 1 amide bonds. The smallest absolute Gasteiger partial charge is 0.251 e. The largest absolute Gasteiger partial charge is 0.454 e. The molecule has 27 heavy (non-hydrogen) atoms. The van der Waals surface area contributed by atoms with Crippen LogP contribution in [0.25, 0.3) is 0 Å². The van der Waals surface area contributed by atoms with Crippen LogP contribution < -0.4 is 14.8 Å². The second kappa shape index (κ2) is 8.17. The molecule has 2 aromatic rings. The minimum atomic E-state index is -0.198. The lowest BCUT2D eigenvalue weighted by Gasteiger charge is -2.27. The Morgan fingerprint density at radius 1 is 1.11 bits per heavy atom. The lowest BCUT2D eigenvalue weighted by molar-refractivity contribution is 0.0340. The van der Waals surface area contributed by atoms with E-state index < -0.39 is 0 Å². The van der Waals surface area contributed by atoms with Crippen molar-refractivity contribution in [3.8, 4) is 11.5 Å². The number of fused-ring (bicyclic) bond motifs is 1. The molecule has 0 radical (unpaired) electrons. The number of ether oxygens (including phenoxy) is 3. The molecule has 4 rings (SSSR count). The minimum Gasteiger partial charge on any atom is -0.454 e. The molecule has 0 aliphatic carbocycles. The van der Waals surface area contributed by atoms with Gasteiger partial charge in [0.05, 0.1) is 18.2 Å². The van der Waals surface area contributed by atoms with E-state index in [1.54, 1.807) is 12.1 Å². The summed E-state index contributed by atoms with van der Waals surface area (Å²) >= 11 is 6.17. The molecule has 0 spiro atoms. The molecule has 7 heteroatoms. The maximum Gasteiger partial charge on any atom is 0.251 e. The number of hydrogen-bond acceptors (Lipinski definition) is 5. The van der Waals surface area contributed by atoms with Crippen molar-refractivity contribution in [2.75, 3.05) is 33.1 Å². The van der Waals surface area contributed by atoms with Gasteiger partial charge in [-0.2, -0.15) is 0 Å². The van der Waals surface area contributed by atoms with Crippen LogP contribution in [0.3, 0.4) is 0 Å². The Balaban J connectivity index is 1.43. The molecule has 2 aliphatic rings. The average molecular weight is 389 g/mol. The summed E-state index contributed by atoms with van der Waals surface area (Å²) in [5.41, 5.74) is 2.77. The van der Waals surface area contributed by atoms with Crippen LogP contribution >= 0.6 is 11.6 Å². The molecule has 0 atom stereocenters. The average Bonchev–Trinajstić information content (AvgIpc) is 3.17. The molecule has 6 nitrogen and oxygen atoms in total. The van der Waals surface area contributed by atoms with E-state index in [9.17, 15) is 4.79 Å². The SMILES string of the molecule is O=C(NCc1ccccc1CN1CCOCC1)c1cc(Cl)c2c(c1)OCO2. The first-order chi connectivity index (χ1) is 13.2. The molecular weight excluding hydrogens is 368 g/mol. The van der Waals surface area contributed by atoms with Crippen LogP contribution in [-0.2, 0) is 17.8 Å². The van der Waals surface area contributed by atoms with Crippen LogP contribution in [0.2, 0.25) is 5.02 Å². The predicted molar refractivity (Wildman–Crippen MR) is 101 cm³/mol. The van der Waals surface area contributed by atoms with E-state index >= 15 is 0 Å². The summed E-state index contributed by atoms with van der Waals surface area (Å²) in [5.74, 6) is 0.792. The van der Waals surface area contributed by atoms with Gasteiger partial charge in [0, 0.05) is 31.7 Å². The first-order valence-electron chi connectivity index (χ1n) is 8.95. The maximum atomic E-state index is 12.6.